The van der Waals surface area contributed by atoms with Crippen molar-refractivity contribution in [2.24, 2.45) is 5.41 Å². The topological polar surface area (TPSA) is 75.6 Å². The maximum absolute atomic E-state index is 12.2. The fraction of sp³-hybridized carbons (Fsp3) is 0.562. The summed E-state index contributed by atoms with van der Waals surface area (Å²) in [5.41, 5.74) is 4.84. The highest BCUT2D eigenvalue weighted by molar-refractivity contribution is 5.93. The Morgan fingerprint density at radius 3 is 2.64 bits per heavy atom. The number of hydrogen-bond acceptors (Lipinski definition) is 3. The van der Waals surface area contributed by atoms with Crippen molar-refractivity contribution in [1.82, 2.24) is 25.1 Å². The molecule has 0 saturated carbocycles. The molecule has 1 amide bonds. The summed E-state index contributed by atoms with van der Waals surface area (Å²) in [6.45, 7) is 11.6. The van der Waals surface area contributed by atoms with Crippen molar-refractivity contribution in [3.05, 3.63) is 34.2 Å². The Balaban J connectivity index is 1.93. The third-order valence-electron chi connectivity index (χ3n) is 4.47. The number of aromatic nitrogens is 4. The van der Waals surface area contributed by atoms with Gasteiger partial charge in [0.15, 0.2) is 0 Å². The zero-order chi connectivity index (χ0) is 16.1. The lowest BCUT2D eigenvalue weighted by Gasteiger charge is -2.21. The van der Waals surface area contributed by atoms with Crippen LogP contribution in [0.15, 0.2) is 0 Å². The molecule has 1 aliphatic rings. The maximum atomic E-state index is 12.2. The molecule has 0 atom stereocenters. The minimum Gasteiger partial charge on any atom is -0.350 e. The van der Waals surface area contributed by atoms with Gasteiger partial charge < -0.3 is 10.3 Å². The van der Waals surface area contributed by atoms with Crippen LogP contribution in [0.2, 0.25) is 0 Å². The molecular formula is C16H23N5O. The van der Waals surface area contributed by atoms with Crippen LogP contribution in [-0.4, -0.2) is 32.2 Å². The van der Waals surface area contributed by atoms with E-state index in [0.717, 1.165) is 29.3 Å². The van der Waals surface area contributed by atoms with Gasteiger partial charge in [0.2, 0.25) is 0 Å². The molecule has 0 bridgehead atoms. The fourth-order valence-electron chi connectivity index (χ4n) is 2.88. The molecule has 118 valence electrons. The maximum Gasteiger partial charge on any atom is 0.271 e. The highest BCUT2D eigenvalue weighted by Crippen LogP contribution is 2.25. The Hall–Kier alpha value is -2.11. The lowest BCUT2D eigenvalue weighted by Crippen LogP contribution is -2.32. The molecule has 6 heteroatoms. The van der Waals surface area contributed by atoms with E-state index >= 15 is 0 Å². The lowest BCUT2D eigenvalue weighted by molar-refractivity contribution is 0.0940. The van der Waals surface area contributed by atoms with Crippen LogP contribution in [0.25, 0.3) is 0 Å². The van der Waals surface area contributed by atoms with Crippen LogP contribution in [0.1, 0.15) is 52.8 Å². The average molecular weight is 301 g/mol. The van der Waals surface area contributed by atoms with Crippen LogP contribution >= 0.6 is 0 Å². The van der Waals surface area contributed by atoms with Crippen LogP contribution in [0.4, 0.5) is 0 Å². The van der Waals surface area contributed by atoms with Gasteiger partial charge in [-0.05, 0) is 38.2 Å². The molecule has 22 heavy (non-hydrogen) atoms. The molecule has 0 saturated heterocycles. The first-order chi connectivity index (χ1) is 10.3. The molecule has 0 radical (unpaired) electrons. The summed E-state index contributed by atoms with van der Waals surface area (Å²) in [6.07, 6.45) is 0.810. The third kappa shape index (κ3) is 2.53. The molecule has 6 nitrogen and oxygen atoms in total. The Labute approximate surface area is 130 Å². The normalized spacial score (nSPS) is 17.0. The second-order valence-electron chi connectivity index (χ2n) is 6.99. The van der Waals surface area contributed by atoms with Gasteiger partial charge in [-0.1, -0.05) is 13.8 Å². The Bertz CT molecular complexity index is 738. The predicted molar refractivity (Wildman–Crippen MR) is 83.9 cm³/mol. The number of hydrogen-bond donors (Lipinski definition) is 2. The summed E-state index contributed by atoms with van der Waals surface area (Å²) in [6, 6.07) is 0. The zero-order valence-electron chi connectivity index (χ0n) is 13.9. The Morgan fingerprint density at radius 1 is 1.27 bits per heavy atom. The van der Waals surface area contributed by atoms with Crippen LogP contribution < -0.4 is 5.32 Å². The summed E-state index contributed by atoms with van der Waals surface area (Å²) in [4.78, 5) is 20.0. The number of H-pyrrole nitrogens is 1. The highest BCUT2D eigenvalue weighted by atomic mass is 16.1. The highest BCUT2D eigenvalue weighted by Gasteiger charge is 2.29. The molecule has 0 unspecified atom stereocenters. The average Bonchev–Trinajstić information content (AvgIpc) is 2.90. The first-order valence-corrected chi connectivity index (χ1v) is 7.63. The number of aryl methyl sites for hydroxylation is 1. The Kier molecular flexibility index (Phi) is 3.34. The van der Waals surface area contributed by atoms with Crippen molar-refractivity contribution < 1.29 is 4.79 Å². The summed E-state index contributed by atoms with van der Waals surface area (Å²) in [5.74, 6) is 0.691. The lowest BCUT2D eigenvalue weighted by atomic mass is 9.88. The number of fused-ring (bicyclic) bond motifs is 1. The minimum atomic E-state index is -0.0902. The van der Waals surface area contributed by atoms with Crippen molar-refractivity contribution in [2.75, 3.05) is 6.54 Å². The fourth-order valence-corrected chi connectivity index (χ4v) is 2.88. The third-order valence-corrected chi connectivity index (χ3v) is 4.47. The van der Waals surface area contributed by atoms with Gasteiger partial charge in [-0.15, -0.1) is 0 Å². The second kappa shape index (κ2) is 4.97. The smallest absolute Gasteiger partial charge is 0.271 e. The van der Waals surface area contributed by atoms with Crippen molar-refractivity contribution in [3.8, 4) is 0 Å². The quantitative estimate of drug-likeness (QED) is 0.889. The van der Waals surface area contributed by atoms with E-state index < -0.39 is 0 Å². The zero-order valence-corrected chi connectivity index (χ0v) is 13.9. The van der Waals surface area contributed by atoms with Gasteiger partial charge in [0.25, 0.3) is 5.91 Å². The van der Waals surface area contributed by atoms with Crippen LogP contribution in [-0.2, 0) is 13.0 Å². The SMILES string of the molecule is Cc1nn(Cc2nc3c([nH]2)CC(C)(C)CNC3=O)c(C)c1C. The Morgan fingerprint density at radius 2 is 2.00 bits per heavy atom. The van der Waals surface area contributed by atoms with E-state index in [1.165, 1.54) is 5.56 Å². The summed E-state index contributed by atoms with van der Waals surface area (Å²) in [7, 11) is 0. The van der Waals surface area contributed by atoms with Crippen molar-refractivity contribution in [1.29, 1.82) is 0 Å². The molecule has 2 aromatic rings. The molecule has 3 heterocycles. The van der Waals surface area contributed by atoms with Crippen LogP contribution in [0.5, 0.6) is 0 Å². The summed E-state index contributed by atoms with van der Waals surface area (Å²) < 4.78 is 1.94. The van der Waals surface area contributed by atoms with E-state index in [9.17, 15) is 4.79 Å². The molecule has 2 aromatic heterocycles. The van der Waals surface area contributed by atoms with Gasteiger partial charge in [-0.2, -0.15) is 5.10 Å². The van der Waals surface area contributed by atoms with Gasteiger partial charge in [0.05, 0.1) is 12.2 Å². The number of nitrogens with zero attached hydrogens (tertiary/aromatic N) is 3. The largest absolute Gasteiger partial charge is 0.350 e. The number of amides is 1. The molecular weight excluding hydrogens is 278 g/mol. The van der Waals surface area contributed by atoms with E-state index in [-0.39, 0.29) is 11.3 Å². The number of carbonyl (C=O) groups excluding carboxylic acids is 1. The number of imidazole rings is 1. The van der Waals surface area contributed by atoms with Crippen molar-refractivity contribution in [2.45, 2.75) is 47.6 Å². The van der Waals surface area contributed by atoms with Crippen LogP contribution in [0, 0.1) is 26.2 Å². The molecule has 3 rings (SSSR count). The molecule has 0 fully saturated rings. The van der Waals surface area contributed by atoms with Crippen molar-refractivity contribution in [3.63, 3.8) is 0 Å². The van der Waals surface area contributed by atoms with E-state index in [2.05, 4.69) is 48.1 Å². The molecule has 0 spiro atoms. The molecule has 0 aromatic carbocycles. The number of aromatic amines is 1. The van der Waals surface area contributed by atoms with Gasteiger partial charge in [-0.25, -0.2) is 4.98 Å². The van der Waals surface area contributed by atoms with Crippen LogP contribution in [0.3, 0.4) is 0 Å². The van der Waals surface area contributed by atoms with E-state index in [0.29, 0.717) is 18.8 Å². The van der Waals surface area contributed by atoms with Crippen molar-refractivity contribution >= 4 is 5.91 Å². The summed E-state index contributed by atoms with van der Waals surface area (Å²) >= 11 is 0. The molecule has 1 aliphatic heterocycles. The summed E-state index contributed by atoms with van der Waals surface area (Å²) in [5, 5.41) is 7.48. The van der Waals surface area contributed by atoms with E-state index in [4.69, 9.17) is 0 Å². The number of carbonyl (C=O) groups is 1. The predicted octanol–water partition coefficient (Wildman–Crippen LogP) is 1.89. The van der Waals surface area contributed by atoms with Gasteiger partial charge in [0.1, 0.15) is 11.5 Å². The van der Waals surface area contributed by atoms with Gasteiger partial charge in [0, 0.05) is 17.9 Å². The first kappa shape index (κ1) is 14.8. The minimum absolute atomic E-state index is 0.0273. The number of nitrogens with one attached hydrogen (secondary N) is 2. The first-order valence-electron chi connectivity index (χ1n) is 7.63. The second-order valence-corrected chi connectivity index (χ2v) is 6.99. The standard InChI is InChI=1S/C16H23N5O/c1-9-10(2)20-21(11(9)3)7-13-18-12-6-16(4,5)8-17-15(22)14(12)19-13/h6-8H2,1-5H3,(H,17,22)(H,18,19). The molecule has 0 aliphatic carbocycles. The molecule has 2 N–H and O–H groups in total. The van der Waals surface area contributed by atoms with Gasteiger partial charge >= 0.3 is 0 Å². The number of rotatable bonds is 2. The van der Waals surface area contributed by atoms with Gasteiger partial charge in [-0.3, -0.25) is 9.48 Å². The van der Waals surface area contributed by atoms with E-state index in [1.807, 2.05) is 11.6 Å². The monoisotopic (exact) mass is 301 g/mol. The van der Waals surface area contributed by atoms with E-state index in [1.54, 1.807) is 0 Å².